The molecule has 4 rings (SSSR count). The SMILES string of the molecule is O=S(=O)(Cc1ccccc1)N1CC2(CCN(Cc3ccc(C(F)(F)F)cc3)CC2)C1. The fourth-order valence-electron chi connectivity index (χ4n) is 4.33. The molecular weight excluding hydrogens is 413 g/mol. The van der Waals surface area contributed by atoms with Crippen molar-refractivity contribution in [2.24, 2.45) is 5.41 Å². The van der Waals surface area contributed by atoms with Crippen LogP contribution in [-0.4, -0.2) is 43.8 Å². The van der Waals surface area contributed by atoms with E-state index in [4.69, 9.17) is 0 Å². The molecule has 0 N–H and O–H groups in total. The Balaban J connectivity index is 1.27. The van der Waals surface area contributed by atoms with Gasteiger partial charge in [0.15, 0.2) is 0 Å². The Morgan fingerprint density at radius 1 is 0.867 bits per heavy atom. The Kier molecular flexibility index (Phi) is 5.67. The average Bonchev–Trinajstić information content (AvgIpc) is 2.67. The van der Waals surface area contributed by atoms with Crippen LogP contribution in [0.15, 0.2) is 54.6 Å². The number of piperidine rings is 1. The Labute approximate surface area is 175 Å². The average molecular weight is 439 g/mol. The Morgan fingerprint density at radius 3 is 2.03 bits per heavy atom. The molecule has 0 aromatic heterocycles. The first-order valence-corrected chi connectivity index (χ1v) is 11.7. The van der Waals surface area contributed by atoms with Gasteiger partial charge in [0.25, 0.3) is 0 Å². The van der Waals surface area contributed by atoms with Gasteiger partial charge in [0.2, 0.25) is 10.0 Å². The van der Waals surface area contributed by atoms with Gasteiger partial charge >= 0.3 is 6.18 Å². The van der Waals surface area contributed by atoms with Crippen LogP contribution in [0.4, 0.5) is 13.2 Å². The van der Waals surface area contributed by atoms with Gasteiger partial charge in [-0.2, -0.15) is 13.2 Å². The predicted octanol–water partition coefficient (Wildman–Crippen LogP) is 4.13. The first-order valence-electron chi connectivity index (χ1n) is 10.1. The molecule has 0 radical (unpaired) electrons. The number of sulfonamides is 1. The van der Waals surface area contributed by atoms with Crippen molar-refractivity contribution < 1.29 is 21.6 Å². The van der Waals surface area contributed by atoms with Gasteiger partial charge in [0, 0.05) is 25.0 Å². The van der Waals surface area contributed by atoms with Gasteiger partial charge in [0.05, 0.1) is 11.3 Å². The Morgan fingerprint density at radius 2 is 1.47 bits per heavy atom. The maximum atomic E-state index is 12.7. The van der Waals surface area contributed by atoms with Crippen LogP contribution in [0.5, 0.6) is 0 Å². The Bertz CT molecular complexity index is 960. The van der Waals surface area contributed by atoms with E-state index >= 15 is 0 Å². The van der Waals surface area contributed by atoms with Gasteiger partial charge in [-0.1, -0.05) is 42.5 Å². The van der Waals surface area contributed by atoms with Gasteiger partial charge in [0.1, 0.15) is 0 Å². The molecule has 0 saturated carbocycles. The molecule has 2 aromatic rings. The minimum atomic E-state index is -4.31. The summed E-state index contributed by atoms with van der Waals surface area (Å²) < 4.78 is 65.0. The molecule has 2 aliphatic heterocycles. The summed E-state index contributed by atoms with van der Waals surface area (Å²) in [5.41, 5.74) is 1.07. The predicted molar refractivity (Wildman–Crippen MR) is 109 cm³/mol. The van der Waals surface area contributed by atoms with E-state index in [2.05, 4.69) is 4.90 Å². The topological polar surface area (TPSA) is 40.6 Å². The van der Waals surface area contributed by atoms with Crippen LogP contribution in [0.1, 0.15) is 29.5 Å². The highest BCUT2D eigenvalue weighted by Crippen LogP contribution is 2.42. The molecular formula is C22H25F3N2O2S. The van der Waals surface area contributed by atoms with Gasteiger partial charge in [-0.3, -0.25) is 4.90 Å². The fraction of sp³-hybridized carbons (Fsp3) is 0.455. The van der Waals surface area contributed by atoms with Crippen LogP contribution >= 0.6 is 0 Å². The molecule has 2 heterocycles. The van der Waals surface area contributed by atoms with Crippen molar-refractivity contribution in [2.45, 2.75) is 31.3 Å². The molecule has 0 bridgehead atoms. The maximum absolute atomic E-state index is 12.7. The summed E-state index contributed by atoms with van der Waals surface area (Å²) in [7, 11) is -3.30. The highest BCUT2D eigenvalue weighted by Gasteiger charge is 2.48. The lowest BCUT2D eigenvalue weighted by Gasteiger charge is -2.53. The minimum Gasteiger partial charge on any atom is -0.299 e. The molecule has 0 amide bonds. The molecule has 0 unspecified atom stereocenters. The van der Waals surface area contributed by atoms with E-state index in [1.54, 1.807) is 4.31 Å². The summed E-state index contributed by atoms with van der Waals surface area (Å²) in [5.74, 6) is 0.0317. The van der Waals surface area contributed by atoms with Gasteiger partial charge in [-0.15, -0.1) is 0 Å². The lowest BCUT2D eigenvalue weighted by atomic mass is 9.73. The zero-order valence-corrected chi connectivity index (χ0v) is 17.4. The lowest BCUT2D eigenvalue weighted by molar-refractivity contribution is -0.137. The summed E-state index contributed by atoms with van der Waals surface area (Å²) in [6, 6.07) is 14.5. The number of alkyl halides is 3. The standard InChI is InChI=1S/C22H25F3N2O2S/c23-22(24,25)20-8-6-18(7-9-20)14-26-12-10-21(11-13-26)16-27(17-21)30(28,29)15-19-4-2-1-3-5-19/h1-9H,10-17H2. The maximum Gasteiger partial charge on any atom is 0.416 e. The molecule has 2 saturated heterocycles. The van der Waals surface area contributed by atoms with E-state index in [0.29, 0.717) is 19.6 Å². The first-order chi connectivity index (χ1) is 14.2. The van der Waals surface area contributed by atoms with Gasteiger partial charge < -0.3 is 0 Å². The largest absolute Gasteiger partial charge is 0.416 e. The molecule has 2 fully saturated rings. The second-order valence-corrected chi connectivity index (χ2v) is 10.4. The molecule has 0 atom stereocenters. The van der Waals surface area contributed by atoms with E-state index in [9.17, 15) is 21.6 Å². The quantitative estimate of drug-likeness (QED) is 0.705. The third-order valence-electron chi connectivity index (χ3n) is 6.21. The second-order valence-electron chi connectivity index (χ2n) is 8.48. The summed E-state index contributed by atoms with van der Waals surface area (Å²) in [6.07, 6.45) is -2.50. The van der Waals surface area contributed by atoms with Crippen LogP contribution < -0.4 is 0 Å². The second kappa shape index (κ2) is 7.98. The summed E-state index contributed by atoms with van der Waals surface area (Å²) in [4.78, 5) is 2.23. The number of halogens is 3. The van der Waals surface area contributed by atoms with Crippen molar-refractivity contribution in [3.8, 4) is 0 Å². The number of hydrogen-bond acceptors (Lipinski definition) is 3. The number of hydrogen-bond donors (Lipinski definition) is 0. The molecule has 30 heavy (non-hydrogen) atoms. The van der Waals surface area contributed by atoms with Crippen LogP contribution in [-0.2, 0) is 28.5 Å². The van der Waals surface area contributed by atoms with Crippen LogP contribution in [0, 0.1) is 5.41 Å². The number of likely N-dealkylation sites (tertiary alicyclic amines) is 1. The van der Waals surface area contributed by atoms with Crippen molar-refractivity contribution in [1.82, 2.24) is 9.21 Å². The molecule has 0 aliphatic carbocycles. The number of rotatable bonds is 5. The molecule has 8 heteroatoms. The zero-order valence-electron chi connectivity index (χ0n) is 16.6. The van der Waals surface area contributed by atoms with Gasteiger partial charge in [-0.05, 0) is 49.2 Å². The van der Waals surface area contributed by atoms with E-state index in [1.165, 1.54) is 12.1 Å². The zero-order chi connectivity index (χ0) is 21.4. The van der Waals surface area contributed by atoms with E-state index in [-0.39, 0.29) is 11.2 Å². The normalized spacial score (nSPS) is 20.2. The van der Waals surface area contributed by atoms with E-state index in [1.807, 2.05) is 30.3 Å². The molecule has 4 nitrogen and oxygen atoms in total. The summed E-state index contributed by atoms with van der Waals surface area (Å²) in [5, 5.41) is 0. The monoisotopic (exact) mass is 438 g/mol. The molecule has 162 valence electrons. The van der Waals surface area contributed by atoms with E-state index in [0.717, 1.165) is 49.2 Å². The van der Waals surface area contributed by atoms with Crippen molar-refractivity contribution in [3.05, 3.63) is 71.3 Å². The molecule has 2 aliphatic rings. The van der Waals surface area contributed by atoms with Gasteiger partial charge in [-0.25, -0.2) is 12.7 Å². The van der Waals surface area contributed by atoms with E-state index < -0.39 is 21.8 Å². The number of nitrogens with zero attached hydrogens (tertiary/aromatic N) is 2. The minimum absolute atomic E-state index is 0.0317. The van der Waals surface area contributed by atoms with Crippen molar-refractivity contribution in [1.29, 1.82) is 0 Å². The van der Waals surface area contributed by atoms with Crippen LogP contribution in [0.25, 0.3) is 0 Å². The van der Waals surface area contributed by atoms with Crippen molar-refractivity contribution >= 4 is 10.0 Å². The lowest BCUT2D eigenvalue weighted by Crippen LogP contribution is -2.61. The van der Waals surface area contributed by atoms with Crippen molar-refractivity contribution in [2.75, 3.05) is 26.2 Å². The molecule has 1 spiro atoms. The summed E-state index contributed by atoms with van der Waals surface area (Å²) >= 11 is 0. The fourth-order valence-corrected chi connectivity index (χ4v) is 6.07. The first kappa shape index (κ1) is 21.3. The highest BCUT2D eigenvalue weighted by molar-refractivity contribution is 7.88. The van der Waals surface area contributed by atoms with Crippen LogP contribution in [0.2, 0.25) is 0 Å². The summed E-state index contributed by atoms with van der Waals surface area (Å²) in [6.45, 7) is 3.40. The Hall–Kier alpha value is -1.90. The van der Waals surface area contributed by atoms with Crippen LogP contribution in [0.3, 0.4) is 0 Å². The smallest absolute Gasteiger partial charge is 0.299 e. The van der Waals surface area contributed by atoms with Crippen molar-refractivity contribution in [3.63, 3.8) is 0 Å². The number of benzene rings is 2. The molecule has 2 aromatic carbocycles. The third-order valence-corrected chi connectivity index (χ3v) is 7.96. The third kappa shape index (κ3) is 4.71. The highest BCUT2D eigenvalue weighted by atomic mass is 32.2.